The molecule has 0 amide bonds. The molecular weight excluding hydrogens is 248 g/mol. The van der Waals surface area contributed by atoms with Crippen LogP contribution in [0, 0.1) is 6.92 Å². The fourth-order valence-electron chi connectivity index (χ4n) is 2.28. The molecule has 0 unspecified atom stereocenters. The quantitative estimate of drug-likeness (QED) is 0.722. The summed E-state index contributed by atoms with van der Waals surface area (Å²) in [4.78, 5) is 4.67. The Morgan fingerprint density at radius 1 is 1.15 bits per heavy atom. The van der Waals surface area contributed by atoms with Gasteiger partial charge in [-0.05, 0) is 36.6 Å². The molecule has 0 saturated carbocycles. The standard InChI is InChI=1S/C17H18N2O/c1-13-7-9-19-12-16(18-17(19)11-13)15-5-3-14(4-6-15)8-10-20-2/h3-7,9,11-12H,8,10H2,1-2H3. The third kappa shape index (κ3) is 2.58. The van der Waals surface area contributed by atoms with Crippen molar-refractivity contribution in [3.63, 3.8) is 0 Å². The first-order valence-corrected chi connectivity index (χ1v) is 6.80. The Labute approximate surface area is 118 Å². The largest absolute Gasteiger partial charge is 0.384 e. The molecule has 102 valence electrons. The van der Waals surface area contributed by atoms with Crippen LogP contribution in [0.4, 0.5) is 0 Å². The number of aromatic nitrogens is 2. The van der Waals surface area contributed by atoms with E-state index in [1.807, 2.05) is 6.20 Å². The Balaban J connectivity index is 1.90. The molecule has 3 rings (SSSR count). The van der Waals surface area contributed by atoms with Crippen LogP contribution < -0.4 is 0 Å². The van der Waals surface area contributed by atoms with E-state index in [0.29, 0.717) is 0 Å². The number of rotatable bonds is 4. The average Bonchev–Trinajstić information content (AvgIpc) is 2.88. The predicted octanol–water partition coefficient (Wildman–Crippen LogP) is 3.50. The summed E-state index contributed by atoms with van der Waals surface area (Å²) in [5.41, 5.74) is 5.66. The minimum Gasteiger partial charge on any atom is -0.384 e. The molecule has 0 aliphatic rings. The van der Waals surface area contributed by atoms with E-state index in [1.54, 1.807) is 7.11 Å². The van der Waals surface area contributed by atoms with Gasteiger partial charge in [-0.3, -0.25) is 0 Å². The van der Waals surface area contributed by atoms with Gasteiger partial charge < -0.3 is 9.14 Å². The molecule has 2 heterocycles. The number of nitrogens with zero attached hydrogens (tertiary/aromatic N) is 2. The molecule has 3 nitrogen and oxygen atoms in total. The second kappa shape index (κ2) is 5.47. The van der Waals surface area contributed by atoms with Crippen LogP contribution in [0.1, 0.15) is 11.1 Å². The van der Waals surface area contributed by atoms with Gasteiger partial charge in [0.2, 0.25) is 0 Å². The lowest BCUT2D eigenvalue weighted by atomic mass is 10.1. The van der Waals surface area contributed by atoms with Crippen molar-refractivity contribution in [2.45, 2.75) is 13.3 Å². The van der Waals surface area contributed by atoms with Crippen molar-refractivity contribution in [2.75, 3.05) is 13.7 Å². The maximum atomic E-state index is 5.10. The van der Waals surface area contributed by atoms with Crippen molar-refractivity contribution < 1.29 is 4.74 Å². The molecule has 0 atom stereocenters. The number of hydrogen-bond donors (Lipinski definition) is 0. The van der Waals surface area contributed by atoms with Crippen LogP contribution in [0.5, 0.6) is 0 Å². The van der Waals surface area contributed by atoms with Crippen LogP contribution in [0.3, 0.4) is 0 Å². The highest BCUT2D eigenvalue weighted by atomic mass is 16.5. The van der Waals surface area contributed by atoms with Gasteiger partial charge in [0.1, 0.15) is 5.65 Å². The molecule has 3 heteroatoms. The van der Waals surface area contributed by atoms with Gasteiger partial charge in [-0.25, -0.2) is 4.98 Å². The van der Waals surface area contributed by atoms with E-state index in [9.17, 15) is 0 Å². The zero-order valence-corrected chi connectivity index (χ0v) is 11.8. The second-order valence-electron chi connectivity index (χ2n) is 5.04. The summed E-state index contributed by atoms with van der Waals surface area (Å²) < 4.78 is 7.15. The Kier molecular flexibility index (Phi) is 3.52. The first-order valence-electron chi connectivity index (χ1n) is 6.80. The van der Waals surface area contributed by atoms with E-state index in [2.05, 4.69) is 58.9 Å². The predicted molar refractivity (Wildman–Crippen MR) is 80.9 cm³/mol. The summed E-state index contributed by atoms with van der Waals surface area (Å²) in [7, 11) is 1.73. The summed E-state index contributed by atoms with van der Waals surface area (Å²) in [6, 6.07) is 12.7. The lowest BCUT2D eigenvalue weighted by Crippen LogP contribution is -1.93. The van der Waals surface area contributed by atoms with Gasteiger partial charge in [-0.15, -0.1) is 0 Å². The zero-order valence-electron chi connectivity index (χ0n) is 11.8. The molecular formula is C17H18N2O. The number of pyridine rings is 1. The van der Waals surface area contributed by atoms with E-state index in [-0.39, 0.29) is 0 Å². The molecule has 0 N–H and O–H groups in total. The Morgan fingerprint density at radius 3 is 2.70 bits per heavy atom. The van der Waals surface area contributed by atoms with Crippen molar-refractivity contribution >= 4 is 5.65 Å². The van der Waals surface area contributed by atoms with Crippen LogP contribution in [0.15, 0.2) is 48.8 Å². The third-order valence-corrected chi connectivity index (χ3v) is 3.46. The highest BCUT2D eigenvalue weighted by Gasteiger charge is 2.04. The van der Waals surface area contributed by atoms with Crippen molar-refractivity contribution in [3.05, 3.63) is 59.9 Å². The Hall–Kier alpha value is -2.13. The van der Waals surface area contributed by atoms with Crippen molar-refractivity contribution in [3.8, 4) is 11.3 Å². The highest BCUT2D eigenvalue weighted by molar-refractivity contribution is 5.63. The zero-order chi connectivity index (χ0) is 13.9. The topological polar surface area (TPSA) is 26.5 Å². The molecule has 1 aromatic carbocycles. The van der Waals surface area contributed by atoms with Crippen LogP contribution in [-0.4, -0.2) is 23.1 Å². The van der Waals surface area contributed by atoms with Crippen LogP contribution in [-0.2, 0) is 11.2 Å². The Morgan fingerprint density at radius 2 is 1.95 bits per heavy atom. The summed E-state index contributed by atoms with van der Waals surface area (Å²) in [5.74, 6) is 0. The molecule has 0 aliphatic heterocycles. The summed E-state index contributed by atoms with van der Waals surface area (Å²) in [6.07, 6.45) is 5.06. The molecule has 3 aromatic rings. The number of methoxy groups -OCH3 is 1. The normalized spacial score (nSPS) is 11.1. The van der Waals surface area contributed by atoms with E-state index in [4.69, 9.17) is 4.74 Å². The summed E-state index contributed by atoms with van der Waals surface area (Å²) in [5, 5.41) is 0. The number of fused-ring (bicyclic) bond motifs is 1. The minimum absolute atomic E-state index is 0.757. The molecule has 0 saturated heterocycles. The van der Waals surface area contributed by atoms with Crippen LogP contribution in [0.25, 0.3) is 16.9 Å². The lowest BCUT2D eigenvalue weighted by molar-refractivity contribution is 0.202. The number of hydrogen-bond acceptors (Lipinski definition) is 2. The number of imidazole rings is 1. The van der Waals surface area contributed by atoms with Crippen LogP contribution >= 0.6 is 0 Å². The third-order valence-electron chi connectivity index (χ3n) is 3.46. The second-order valence-corrected chi connectivity index (χ2v) is 5.04. The van der Waals surface area contributed by atoms with Crippen LogP contribution in [0.2, 0.25) is 0 Å². The van der Waals surface area contributed by atoms with E-state index < -0.39 is 0 Å². The van der Waals surface area contributed by atoms with Gasteiger partial charge in [0, 0.05) is 25.1 Å². The summed E-state index contributed by atoms with van der Waals surface area (Å²) >= 11 is 0. The minimum atomic E-state index is 0.757. The van der Waals surface area contributed by atoms with E-state index >= 15 is 0 Å². The highest BCUT2D eigenvalue weighted by Crippen LogP contribution is 2.20. The van der Waals surface area contributed by atoms with Gasteiger partial charge in [-0.1, -0.05) is 24.3 Å². The average molecular weight is 266 g/mol. The first kappa shape index (κ1) is 12.9. The van der Waals surface area contributed by atoms with E-state index in [0.717, 1.165) is 29.9 Å². The van der Waals surface area contributed by atoms with Crippen molar-refractivity contribution in [1.82, 2.24) is 9.38 Å². The first-order chi connectivity index (χ1) is 9.76. The maximum Gasteiger partial charge on any atom is 0.137 e. The van der Waals surface area contributed by atoms with Crippen molar-refractivity contribution in [2.24, 2.45) is 0 Å². The van der Waals surface area contributed by atoms with E-state index in [1.165, 1.54) is 11.1 Å². The molecule has 0 spiro atoms. The fraction of sp³-hybridized carbons (Fsp3) is 0.235. The molecule has 2 aromatic heterocycles. The SMILES string of the molecule is COCCc1ccc(-c2cn3ccc(C)cc3n2)cc1. The van der Waals surface area contributed by atoms with Gasteiger partial charge >= 0.3 is 0 Å². The molecule has 0 bridgehead atoms. The van der Waals surface area contributed by atoms with Gasteiger partial charge in [0.15, 0.2) is 0 Å². The maximum absolute atomic E-state index is 5.10. The number of aryl methyl sites for hydroxylation is 1. The monoisotopic (exact) mass is 266 g/mol. The smallest absolute Gasteiger partial charge is 0.137 e. The van der Waals surface area contributed by atoms with Gasteiger partial charge in [0.05, 0.1) is 12.3 Å². The molecule has 0 radical (unpaired) electrons. The molecule has 0 aliphatic carbocycles. The van der Waals surface area contributed by atoms with Crippen molar-refractivity contribution in [1.29, 1.82) is 0 Å². The van der Waals surface area contributed by atoms with Gasteiger partial charge in [-0.2, -0.15) is 0 Å². The molecule has 20 heavy (non-hydrogen) atoms. The number of ether oxygens (including phenoxy) is 1. The fourth-order valence-corrected chi connectivity index (χ4v) is 2.28. The molecule has 0 fully saturated rings. The number of benzene rings is 1. The van der Waals surface area contributed by atoms with Gasteiger partial charge in [0.25, 0.3) is 0 Å². The lowest BCUT2D eigenvalue weighted by Gasteiger charge is -2.01. The Bertz CT molecular complexity index is 713. The summed E-state index contributed by atoms with van der Waals surface area (Å²) in [6.45, 7) is 2.84.